The predicted molar refractivity (Wildman–Crippen MR) is 99.0 cm³/mol. The lowest BCUT2D eigenvalue weighted by atomic mass is 9.79. The lowest BCUT2D eigenvalue weighted by Gasteiger charge is -2.43. The zero-order valence-electron chi connectivity index (χ0n) is 15.4. The number of ether oxygens (including phenoxy) is 1. The molecule has 138 valence electrons. The number of piperidine rings is 1. The number of likely N-dealkylation sites (tertiary alicyclic amines) is 1. The fourth-order valence-corrected chi connectivity index (χ4v) is 4.06. The van der Waals surface area contributed by atoms with Crippen molar-refractivity contribution in [3.8, 4) is 0 Å². The number of benzene rings is 1. The molecule has 2 atom stereocenters. The van der Waals surface area contributed by atoms with Gasteiger partial charge in [0.05, 0.1) is 11.2 Å². The summed E-state index contributed by atoms with van der Waals surface area (Å²) in [6, 6.07) is 7.94. The summed E-state index contributed by atoms with van der Waals surface area (Å²) in [5.74, 6) is 0.127. The first-order valence-electron chi connectivity index (χ1n) is 9.40. The van der Waals surface area contributed by atoms with Gasteiger partial charge in [-0.3, -0.25) is 4.79 Å². The van der Waals surface area contributed by atoms with Gasteiger partial charge in [0.25, 0.3) is 5.91 Å². The molecule has 1 amide bonds. The van der Waals surface area contributed by atoms with Gasteiger partial charge in [0.2, 0.25) is 0 Å². The second-order valence-corrected chi connectivity index (χ2v) is 7.46. The molecule has 2 aliphatic rings. The van der Waals surface area contributed by atoms with Crippen molar-refractivity contribution >= 4 is 11.6 Å². The maximum atomic E-state index is 13.1. The van der Waals surface area contributed by atoms with Gasteiger partial charge in [0, 0.05) is 51.5 Å². The molecule has 2 heterocycles. The van der Waals surface area contributed by atoms with E-state index >= 15 is 0 Å². The first-order valence-corrected chi connectivity index (χ1v) is 9.40. The molecule has 1 aromatic carbocycles. The van der Waals surface area contributed by atoms with E-state index in [0.717, 1.165) is 24.3 Å². The number of anilines is 1. The molecule has 0 aliphatic carbocycles. The molecule has 5 nitrogen and oxygen atoms in total. The fraction of sp³-hybridized carbons (Fsp3) is 0.650. The molecule has 1 N–H and O–H groups in total. The van der Waals surface area contributed by atoms with Crippen molar-refractivity contribution in [3.63, 3.8) is 0 Å². The second-order valence-electron chi connectivity index (χ2n) is 7.46. The van der Waals surface area contributed by atoms with Crippen LogP contribution in [0.2, 0.25) is 0 Å². The van der Waals surface area contributed by atoms with E-state index in [9.17, 15) is 9.90 Å². The van der Waals surface area contributed by atoms with Gasteiger partial charge in [-0.25, -0.2) is 0 Å². The van der Waals surface area contributed by atoms with E-state index in [1.54, 1.807) is 7.11 Å². The highest BCUT2D eigenvalue weighted by Gasteiger charge is 2.40. The van der Waals surface area contributed by atoms with Crippen LogP contribution in [0.5, 0.6) is 0 Å². The van der Waals surface area contributed by atoms with Crippen molar-refractivity contribution in [1.82, 2.24) is 4.90 Å². The minimum atomic E-state index is -0.735. The standard InChI is InChI=1S/C20H30N2O3/c1-16-15-22(13-9-20(16,24)10-14-25-2)19(23)17-7-3-4-8-18(17)21-11-5-6-12-21/h3-4,7-8,16,24H,5-6,9-15H2,1-2H3/t16-,20-/m0/s1. The van der Waals surface area contributed by atoms with Gasteiger partial charge in [-0.2, -0.15) is 0 Å². The number of carbonyl (C=O) groups excluding carboxylic acids is 1. The molecule has 0 aromatic heterocycles. The molecule has 5 heteroatoms. The molecule has 1 aromatic rings. The van der Waals surface area contributed by atoms with Gasteiger partial charge in [0.15, 0.2) is 0 Å². The number of rotatable bonds is 5. The molecule has 0 bridgehead atoms. The van der Waals surface area contributed by atoms with E-state index in [4.69, 9.17) is 4.74 Å². The Balaban J connectivity index is 1.72. The van der Waals surface area contributed by atoms with Crippen LogP contribution in [0.25, 0.3) is 0 Å². The predicted octanol–water partition coefficient (Wildman–Crippen LogP) is 2.54. The van der Waals surface area contributed by atoms with Crippen molar-refractivity contribution in [1.29, 1.82) is 0 Å². The average molecular weight is 346 g/mol. The Kier molecular flexibility index (Phi) is 5.64. The normalized spacial score (nSPS) is 26.9. The van der Waals surface area contributed by atoms with E-state index in [-0.39, 0.29) is 11.8 Å². The lowest BCUT2D eigenvalue weighted by Crippen LogP contribution is -2.53. The number of para-hydroxylation sites is 1. The van der Waals surface area contributed by atoms with Gasteiger partial charge in [-0.1, -0.05) is 19.1 Å². The summed E-state index contributed by atoms with van der Waals surface area (Å²) < 4.78 is 5.13. The van der Waals surface area contributed by atoms with Crippen LogP contribution in [0.1, 0.15) is 43.0 Å². The van der Waals surface area contributed by atoms with Crippen molar-refractivity contribution in [2.75, 3.05) is 44.8 Å². The van der Waals surface area contributed by atoms with E-state index < -0.39 is 5.60 Å². The molecule has 2 fully saturated rings. The summed E-state index contributed by atoms with van der Waals surface area (Å²) in [6.07, 6.45) is 3.61. The largest absolute Gasteiger partial charge is 0.389 e. The Morgan fingerprint density at radius 1 is 1.28 bits per heavy atom. The van der Waals surface area contributed by atoms with Crippen LogP contribution in [0.15, 0.2) is 24.3 Å². The molecule has 0 spiro atoms. The van der Waals surface area contributed by atoms with E-state index in [0.29, 0.717) is 32.5 Å². The quantitative estimate of drug-likeness (QED) is 0.890. The number of aliphatic hydroxyl groups is 1. The molecular weight excluding hydrogens is 316 g/mol. The van der Waals surface area contributed by atoms with Crippen LogP contribution in [-0.4, -0.2) is 61.4 Å². The first kappa shape index (κ1) is 18.2. The number of hydrogen-bond donors (Lipinski definition) is 1. The lowest BCUT2D eigenvalue weighted by molar-refractivity contribution is -0.0750. The van der Waals surface area contributed by atoms with Gasteiger partial charge in [-0.05, 0) is 37.8 Å². The number of methoxy groups -OCH3 is 1. The molecular formula is C20H30N2O3. The van der Waals surface area contributed by atoms with E-state index in [2.05, 4.69) is 11.0 Å². The third-order valence-corrected chi connectivity index (χ3v) is 5.83. The SMILES string of the molecule is COCC[C@@]1(O)CCN(C(=O)c2ccccc2N2CCCC2)C[C@@H]1C. The van der Waals surface area contributed by atoms with Gasteiger partial charge < -0.3 is 19.6 Å². The summed E-state index contributed by atoms with van der Waals surface area (Å²) in [5.41, 5.74) is 1.11. The zero-order valence-corrected chi connectivity index (χ0v) is 15.4. The molecule has 0 radical (unpaired) electrons. The third-order valence-electron chi connectivity index (χ3n) is 5.83. The molecule has 0 unspecified atom stereocenters. The maximum Gasteiger partial charge on any atom is 0.255 e. The highest BCUT2D eigenvalue weighted by Crippen LogP contribution is 2.33. The highest BCUT2D eigenvalue weighted by molar-refractivity contribution is 6.00. The average Bonchev–Trinajstić information content (AvgIpc) is 3.16. The van der Waals surface area contributed by atoms with Crippen molar-refractivity contribution in [2.24, 2.45) is 5.92 Å². The van der Waals surface area contributed by atoms with Crippen LogP contribution in [0.4, 0.5) is 5.69 Å². The Bertz CT molecular complexity index is 600. The fourth-order valence-electron chi connectivity index (χ4n) is 4.06. The molecule has 2 aliphatic heterocycles. The molecule has 3 rings (SSSR count). The Hall–Kier alpha value is -1.59. The van der Waals surface area contributed by atoms with Gasteiger partial charge in [-0.15, -0.1) is 0 Å². The number of hydrogen-bond acceptors (Lipinski definition) is 4. The summed E-state index contributed by atoms with van der Waals surface area (Å²) in [7, 11) is 1.65. The number of carbonyl (C=O) groups is 1. The first-order chi connectivity index (χ1) is 12.0. The zero-order chi connectivity index (χ0) is 17.9. The summed E-state index contributed by atoms with van der Waals surface area (Å²) in [4.78, 5) is 17.4. The Morgan fingerprint density at radius 2 is 2.00 bits per heavy atom. The second kappa shape index (κ2) is 7.75. The van der Waals surface area contributed by atoms with Crippen LogP contribution in [-0.2, 0) is 4.74 Å². The molecule has 25 heavy (non-hydrogen) atoms. The van der Waals surface area contributed by atoms with Gasteiger partial charge >= 0.3 is 0 Å². The van der Waals surface area contributed by atoms with Crippen LogP contribution in [0.3, 0.4) is 0 Å². The Labute approximate surface area is 150 Å². The molecule has 0 saturated carbocycles. The topological polar surface area (TPSA) is 53.0 Å². The maximum absolute atomic E-state index is 13.1. The van der Waals surface area contributed by atoms with E-state index in [1.807, 2.05) is 30.0 Å². The third kappa shape index (κ3) is 3.82. The van der Waals surface area contributed by atoms with Crippen molar-refractivity contribution < 1.29 is 14.6 Å². The van der Waals surface area contributed by atoms with E-state index in [1.165, 1.54) is 12.8 Å². The minimum Gasteiger partial charge on any atom is -0.389 e. The van der Waals surface area contributed by atoms with Crippen molar-refractivity contribution in [2.45, 2.75) is 38.2 Å². The van der Waals surface area contributed by atoms with Crippen LogP contribution < -0.4 is 4.90 Å². The number of amides is 1. The number of nitrogens with zero attached hydrogens (tertiary/aromatic N) is 2. The highest BCUT2D eigenvalue weighted by atomic mass is 16.5. The van der Waals surface area contributed by atoms with Crippen LogP contribution >= 0.6 is 0 Å². The minimum absolute atomic E-state index is 0.0410. The molecule has 2 saturated heterocycles. The summed E-state index contributed by atoms with van der Waals surface area (Å²) in [5, 5.41) is 10.8. The Morgan fingerprint density at radius 3 is 2.68 bits per heavy atom. The summed E-state index contributed by atoms with van der Waals surface area (Å²) in [6.45, 7) is 5.81. The van der Waals surface area contributed by atoms with Gasteiger partial charge in [0.1, 0.15) is 0 Å². The smallest absolute Gasteiger partial charge is 0.255 e. The summed E-state index contributed by atoms with van der Waals surface area (Å²) >= 11 is 0. The van der Waals surface area contributed by atoms with Crippen molar-refractivity contribution in [3.05, 3.63) is 29.8 Å². The monoisotopic (exact) mass is 346 g/mol. The van der Waals surface area contributed by atoms with Crippen LogP contribution in [0, 0.1) is 5.92 Å².